The average molecular weight is 424 g/mol. The first-order chi connectivity index (χ1) is 15.1. The van der Waals surface area contributed by atoms with Gasteiger partial charge in [-0.05, 0) is 48.4 Å². The lowest BCUT2D eigenvalue weighted by atomic mass is 9.90. The Bertz CT molecular complexity index is 927. The zero-order valence-electron chi connectivity index (χ0n) is 17.7. The van der Waals surface area contributed by atoms with E-state index in [4.69, 9.17) is 15.1 Å². The number of aromatic nitrogens is 2. The standard InChI is InChI=1S/C23H29N5O3/c1-31-21-9-7-17(15-27-21)20(12-22(29)30)18(13-24)14-25-10-3-5-19-8-6-16-4-2-11-26-23(16)28-19/h6-9,13-15,20,24-25H,2-5,10-12H2,1H3,(H,26,28)(H,29,30)/b18-14+,24-13?. The van der Waals surface area contributed by atoms with Crippen LogP contribution >= 0.6 is 0 Å². The summed E-state index contributed by atoms with van der Waals surface area (Å²) in [5.74, 6) is 0.0737. The minimum absolute atomic E-state index is 0.122. The molecular formula is C23H29N5O3. The number of hydrogen-bond donors (Lipinski definition) is 4. The SMILES string of the molecule is COc1ccc(C(CC(=O)O)/C(C=N)=C/NCCCc2ccc3c(n2)NCCC3)cn1. The van der Waals surface area contributed by atoms with Crippen LogP contribution in [0.25, 0.3) is 0 Å². The van der Waals surface area contributed by atoms with Gasteiger partial charge < -0.3 is 25.9 Å². The van der Waals surface area contributed by atoms with Gasteiger partial charge >= 0.3 is 5.97 Å². The van der Waals surface area contributed by atoms with E-state index < -0.39 is 11.9 Å². The van der Waals surface area contributed by atoms with Crippen molar-refractivity contribution in [3.8, 4) is 5.88 Å². The highest BCUT2D eigenvalue weighted by molar-refractivity contribution is 5.80. The summed E-state index contributed by atoms with van der Waals surface area (Å²) in [5.41, 5.74) is 3.65. The number of rotatable bonds is 11. The van der Waals surface area contributed by atoms with E-state index in [2.05, 4.69) is 27.8 Å². The predicted octanol–water partition coefficient (Wildman–Crippen LogP) is 3.16. The summed E-state index contributed by atoms with van der Waals surface area (Å²) >= 11 is 0. The molecule has 0 radical (unpaired) electrons. The van der Waals surface area contributed by atoms with Crippen molar-refractivity contribution in [2.24, 2.45) is 0 Å². The van der Waals surface area contributed by atoms with Crippen molar-refractivity contribution in [3.05, 3.63) is 59.1 Å². The Morgan fingerprint density at radius 1 is 1.39 bits per heavy atom. The highest BCUT2D eigenvalue weighted by atomic mass is 16.5. The van der Waals surface area contributed by atoms with Gasteiger partial charge in [-0.15, -0.1) is 0 Å². The monoisotopic (exact) mass is 423 g/mol. The van der Waals surface area contributed by atoms with Gasteiger partial charge in [0.25, 0.3) is 0 Å². The Labute approximate surface area is 182 Å². The average Bonchev–Trinajstić information content (AvgIpc) is 2.80. The summed E-state index contributed by atoms with van der Waals surface area (Å²) in [6.45, 7) is 1.67. The van der Waals surface area contributed by atoms with Crippen molar-refractivity contribution in [2.45, 2.75) is 38.0 Å². The highest BCUT2D eigenvalue weighted by Gasteiger charge is 2.20. The quantitative estimate of drug-likeness (QED) is 0.324. The molecule has 0 saturated heterocycles. The molecule has 1 aliphatic rings. The van der Waals surface area contributed by atoms with Crippen LogP contribution in [0, 0.1) is 5.41 Å². The molecule has 0 amide bonds. The molecule has 3 rings (SSSR count). The van der Waals surface area contributed by atoms with Crippen molar-refractivity contribution in [1.82, 2.24) is 15.3 Å². The van der Waals surface area contributed by atoms with E-state index in [0.29, 0.717) is 18.0 Å². The van der Waals surface area contributed by atoms with Gasteiger partial charge in [-0.1, -0.05) is 12.1 Å². The van der Waals surface area contributed by atoms with Crippen LogP contribution < -0.4 is 15.4 Å². The highest BCUT2D eigenvalue weighted by Crippen LogP contribution is 2.27. The van der Waals surface area contributed by atoms with Crippen molar-refractivity contribution in [1.29, 1.82) is 5.41 Å². The molecular weight excluding hydrogens is 394 g/mol. The molecule has 0 fully saturated rings. The summed E-state index contributed by atoms with van der Waals surface area (Å²) < 4.78 is 5.07. The number of aliphatic carboxylic acids is 1. The Morgan fingerprint density at radius 3 is 2.97 bits per heavy atom. The molecule has 1 unspecified atom stereocenters. The number of carboxylic acid groups (broad SMARTS) is 1. The number of allylic oxidation sites excluding steroid dienone is 1. The van der Waals surface area contributed by atoms with E-state index in [-0.39, 0.29) is 6.42 Å². The second-order valence-corrected chi connectivity index (χ2v) is 7.47. The number of ether oxygens (including phenoxy) is 1. The third kappa shape index (κ3) is 6.28. The van der Waals surface area contributed by atoms with Crippen LogP contribution in [0.15, 0.2) is 42.2 Å². The van der Waals surface area contributed by atoms with Gasteiger partial charge in [-0.3, -0.25) is 4.79 Å². The fourth-order valence-corrected chi connectivity index (χ4v) is 3.63. The lowest BCUT2D eigenvalue weighted by Crippen LogP contribution is -2.16. The molecule has 31 heavy (non-hydrogen) atoms. The van der Waals surface area contributed by atoms with Crippen LogP contribution in [0.2, 0.25) is 0 Å². The lowest BCUT2D eigenvalue weighted by Gasteiger charge is -2.17. The fourth-order valence-electron chi connectivity index (χ4n) is 3.63. The van der Waals surface area contributed by atoms with Gasteiger partial charge in [0.2, 0.25) is 5.88 Å². The number of pyridine rings is 2. The molecule has 0 aromatic carbocycles. The minimum atomic E-state index is -0.930. The Morgan fingerprint density at radius 2 is 2.26 bits per heavy atom. The molecule has 2 aromatic heterocycles. The normalized spacial score (nSPS) is 14.2. The molecule has 1 aliphatic heterocycles. The van der Waals surface area contributed by atoms with Crippen molar-refractivity contribution >= 4 is 18.0 Å². The smallest absolute Gasteiger partial charge is 0.304 e. The van der Waals surface area contributed by atoms with E-state index in [9.17, 15) is 9.90 Å². The number of fused-ring (bicyclic) bond motifs is 1. The molecule has 0 spiro atoms. The van der Waals surface area contributed by atoms with Crippen LogP contribution in [0.3, 0.4) is 0 Å². The second kappa shape index (κ2) is 11.1. The largest absolute Gasteiger partial charge is 0.481 e. The van der Waals surface area contributed by atoms with E-state index in [0.717, 1.165) is 49.3 Å². The van der Waals surface area contributed by atoms with E-state index >= 15 is 0 Å². The number of carbonyl (C=O) groups is 1. The van der Waals surface area contributed by atoms with Crippen LogP contribution in [0.4, 0.5) is 5.82 Å². The summed E-state index contributed by atoms with van der Waals surface area (Å²) in [7, 11) is 1.53. The number of aryl methyl sites for hydroxylation is 2. The van der Waals surface area contributed by atoms with Gasteiger partial charge in [0.15, 0.2) is 0 Å². The molecule has 8 heteroatoms. The van der Waals surface area contributed by atoms with Crippen LogP contribution in [-0.2, 0) is 17.6 Å². The van der Waals surface area contributed by atoms with E-state index in [1.807, 2.05) is 0 Å². The molecule has 0 saturated carbocycles. The fraction of sp³-hybridized carbons (Fsp3) is 0.391. The second-order valence-electron chi connectivity index (χ2n) is 7.47. The first kappa shape index (κ1) is 22.3. The minimum Gasteiger partial charge on any atom is -0.481 e. The third-order valence-corrected chi connectivity index (χ3v) is 5.29. The van der Waals surface area contributed by atoms with Gasteiger partial charge in [0, 0.05) is 49.4 Å². The van der Waals surface area contributed by atoms with Gasteiger partial charge in [0.05, 0.1) is 13.5 Å². The molecule has 2 aromatic rings. The predicted molar refractivity (Wildman–Crippen MR) is 120 cm³/mol. The summed E-state index contributed by atoms with van der Waals surface area (Å²) in [6, 6.07) is 7.72. The molecule has 8 nitrogen and oxygen atoms in total. The summed E-state index contributed by atoms with van der Waals surface area (Å²) in [6.07, 6.45) is 8.35. The van der Waals surface area contributed by atoms with E-state index in [1.165, 1.54) is 18.9 Å². The van der Waals surface area contributed by atoms with E-state index in [1.54, 1.807) is 24.5 Å². The molecule has 4 N–H and O–H groups in total. The number of carboxylic acids is 1. The maximum absolute atomic E-state index is 11.4. The zero-order valence-corrected chi connectivity index (χ0v) is 17.7. The maximum atomic E-state index is 11.4. The number of nitrogens with zero attached hydrogens (tertiary/aromatic N) is 2. The summed E-state index contributed by atoms with van der Waals surface area (Å²) in [4.78, 5) is 20.3. The van der Waals surface area contributed by atoms with Crippen molar-refractivity contribution in [3.63, 3.8) is 0 Å². The number of hydrogen-bond acceptors (Lipinski definition) is 7. The summed E-state index contributed by atoms with van der Waals surface area (Å²) in [5, 5.41) is 23.7. The van der Waals surface area contributed by atoms with Crippen LogP contribution in [0.5, 0.6) is 5.88 Å². The number of anilines is 1. The van der Waals surface area contributed by atoms with Crippen molar-refractivity contribution in [2.75, 3.05) is 25.5 Å². The third-order valence-electron chi connectivity index (χ3n) is 5.29. The Hall–Kier alpha value is -3.42. The van der Waals surface area contributed by atoms with Crippen LogP contribution in [0.1, 0.15) is 42.0 Å². The van der Waals surface area contributed by atoms with Crippen molar-refractivity contribution < 1.29 is 14.6 Å². The Kier molecular flexibility index (Phi) is 7.98. The first-order valence-corrected chi connectivity index (χ1v) is 10.5. The maximum Gasteiger partial charge on any atom is 0.304 e. The number of nitrogens with one attached hydrogen (secondary N) is 3. The molecule has 3 heterocycles. The molecule has 0 aliphatic carbocycles. The van der Waals surface area contributed by atoms with Gasteiger partial charge in [-0.25, -0.2) is 9.97 Å². The first-order valence-electron chi connectivity index (χ1n) is 10.5. The van der Waals surface area contributed by atoms with Crippen LogP contribution in [-0.4, -0.2) is 47.5 Å². The topological polar surface area (TPSA) is 120 Å². The molecule has 1 atom stereocenters. The molecule has 164 valence electrons. The number of methoxy groups -OCH3 is 1. The molecule has 0 bridgehead atoms. The van der Waals surface area contributed by atoms with Gasteiger partial charge in [-0.2, -0.15) is 0 Å². The lowest BCUT2D eigenvalue weighted by molar-refractivity contribution is -0.137. The van der Waals surface area contributed by atoms with Gasteiger partial charge in [0.1, 0.15) is 5.82 Å². The zero-order chi connectivity index (χ0) is 22.1. The Balaban J connectivity index is 1.58.